The summed E-state index contributed by atoms with van der Waals surface area (Å²) in [6.07, 6.45) is 2.46. The molecule has 0 aliphatic heterocycles. The molecule has 7 nitrogen and oxygen atoms in total. The lowest BCUT2D eigenvalue weighted by Crippen LogP contribution is -2.16. The predicted molar refractivity (Wildman–Crippen MR) is 77.5 cm³/mol. The number of aryl methyl sites for hydroxylation is 1. The highest BCUT2D eigenvalue weighted by Crippen LogP contribution is 2.20. The van der Waals surface area contributed by atoms with Crippen LogP contribution in [0.15, 0.2) is 35.5 Å². The summed E-state index contributed by atoms with van der Waals surface area (Å²) in [6, 6.07) is 4.19. The quantitative estimate of drug-likeness (QED) is 0.883. The normalized spacial score (nSPS) is 11.2. The Morgan fingerprint density at radius 2 is 2.00 bits per heavy atom. The Balaban J connectivity index is 2.31. The van der Waals surface area contributed by atoms with Crippen LogP contribution < -0.4 is 10.5 Å². The molecule has 2 rings (SSSR count). The molecule has 1 heterocycles. The maximum Gasteiger partial charge on any atom is 0.275 e. The Kier molecular flexibility index (Phi) is 4.21. The maximum atomic E-state index is 12.0. The van der Waals surface area contributed by atoms with Crippen LogP contribution in [0.25, 0.3) is 0 Å². The number of carbonyl (C=O) groups is 1. The van der Waals surface area contributed by atoms with Crippen molar-refractivity contribution < 1.29 is 13.2 Å². The average molecular weight is 327 g/mol. The number of halogens is 1. The van der Waals surface area contributed by atoms with Crippen LogP contribution in [0, 0.1) is 6.92 Å². The van der Waals surface area contributed by atoms with E-state index in [1.54, 1.807) is 13.0 Å². The monoisotopic (exact) mass is 326 g/mol. The van der Waals surface area contributed by atoms with Gasteiger partial charge >= 0.3 is 0 Å². The van der Waals surface area contributed by atoms with Gasteiger partial charge in [-0.15, -0.1) is 0 Å². The van der Waals surface area contributed by atoms with Crippen molar-refractivity contribution in [2.45, 2.75) is 11.8 Å². The molecule has 0 saturated carbocycles. The molecule has 0 fully saturated rings. The second-order valence-corrected chi connectivity index (χ2v) is 6.15. The van der Waals surface area contributed by atoms with Crippen molar-refractivity contribution in [2.75, 3.05) is 5.32 Å². The van der Waals surface area contributed by atoms with Crippen LogP contribution in [0.5, 0.6) is 0 Å². The van der Waals surface area contributed by atoms with Crippen LogP contribution in [0.4, 0.5) is 5.69 Å². The maximum absolute atomic E-state index is 12.0. The van der Waals surface area contributed by atoms with Gasteiger partial charge in [0.25, 0.3) is 5.91 Å². The summed E-state index contributed by atoms with van der Waals surface area (Å²) < 4.78 is 22.6. The zero-order chi connectivity index (χ0) is 15.6. The lowest BCUT2D eigenvalue weighted by molar-refractivity contribution is 0.102. The number of benzene rings is 1. The highest BCUT2D eigenvalue weighted by Gasteiger charge is 2.13. The van der Waals surface area contributed by atoms with Crippen LogP contribution in [0.2, 0.25) is 5.15 Å². The van der Waals surface area contributed by atoms with Crippen molar-refractivity contribution in [3.63, 3.8) is 0 Å². The molecular formula is C12H11ClN4O3S. The SMILES string of the molecule is Cc1ccc(S(N)(=O)=O)cc1NC(=O)c1cnc(Cl)cn1. The summed E-state index contributed by atoms with van der Waals surface area (Å²) >= 11 is 5.59. The van der Waals surface area contributed by atoms with Crippen molar-refractivity contribution in [1.29, 1.82) is 0 Å². The molecule has 0 unspecified atom stereocenters. The molecule has 2 aromatic rings. The molecule has 0 aliphatic carbocycles. The number of rotatable bonds is 3. The molecule has 0 spiro atoms. The average Bonchev–Trinajstić information content (AvgIpc) is 2.40. The van der Waals surface area contributed by atoms with E-state index >= 15 is 0 Å². The number of anilines is 1. The molecular weight excluding hydrogens is 316 g/mol. The van der Waals surface area contributed by atoms with Gasteiger partial charge in [-0.2, -0.15) is 0 Å². The van der Waals surface area contributed by atoms with E-state index in [4.69, 9.17) is 16.7 Å². The summed E-state index contributed by atoms with van der Waals surface area (Å²) in [4.78, 5) is 19.5. The van der Waals surface area contributed by atoms with Crippen molar-refractivity contribution in [1.82, 2.24) is 9.97 Å². The van der Waals surface area contributed by atoms with Crippen LogP contribution in [0.3, 0.4) is 0 Å². The Morgan fingerprint density at radius 1 is 1.29 bits per heavy atom. The third-order valence-electron chi connectivity index (χ3n) is 2.64. The number of nitrogens with zero attached hydrogens (tertiary/aromatic N) is 2. The van der Waals surface area contributed by atoms with Crippen LogP contribution in [-0.4, -0.2) is 24.3 Å². The van der Waals surface area contributed by atoms with E-state index in [1.165, 1.54) is 24.5 Å². The molecule has 9 heteroatoms. The predicted octanol–water partition coefficient (Wildman–Crippen LogP) is 1.34. The van der Waals surface area contributed by atoms with Crippen molar-refractivity contribution >= 4 is 33.2 Å². The third-order valence-corrected chi connectivity index (χ3v) is 3.74. The van der Waals surface area contributed by atoms with E-state index in [2.05, 4.69) is 15.3 Å². The minimum absolute atomic E-state index is 0.0554. The second kappa shape index (κ2) is 5.76. The summed E-state index contributed by atoms with van der Waals surface area (Å²) in [7, 11) is -3.84. The fourth-order valence-electron chi connectivity index (χ4n) is 1.53. The summed E-state index contributed by atoms with van der Waals surface area (Å²) in [5.41, 5.74) is 1.06. The van der Waals surface area contributed by atoms with Crippen LogP contribution >= 0.6 is 11.6 Å². The minimum atomic E-state index is -3.84. The zero-order valence-corrected chi connectivity index (χ0v) is 12.4. The first kappa shape index (κ1) is 15.4. The van der Waals surface area contributed by atoms with Crippen LogP contribution in [0.1, 0.15) is 16.1 Å². The summed E-state index contributed by atoms with van der Waals surface area (Å²) in [6.45, 7) is 1.72. The van der Waals surface area contributed by atoms with Gasteiger partial charge in [-0.1, -0.05) is 17.7 Å². The van der Waals surface area contributed by atoms with Gasteiger partial charge in [-0.3, -0.25) is 4.79 Å². The lowest BCUT2D eigenvalue weighted by atomic mass is 10.2. The molecule has 0 radical (unpaired) electrons. The first-order chi connectivity index (χ1) is 9.77. The first-order valence-electron chi connectivity index (χ1n) is 5.70. The van der Waals surface area contributed by atoms with Gasteiger partial charge in [-0.05, 0) is 24.6 Å². The van der Waals surface area contributed by atoms with E-state index in [0.717, 1.165) is 0 Å². The summed E-state index contributed by atoms with van der Waals surface area (Å²) in [5.74, 6) is -0.533. The Bertz CT molecular complexity index is 791. The molecule has 1 amide bonds. The third kappa shape index (κ3) is 3.75. The smallest absolute Gasteiger partial charge is 0.275 e. The van der Waals surface area contributed by atoms with Crippen molar-refractivity contribution in [2.24, 2.45) is 5.14 Å². The van der Waals surface area contributed by atoms with Crippen LogP contribution in [-0.2, 0) is 10.0 Å². The van der Waals surface area contributed by atoms with Crippen molar-refractivity contribution in [3.05, 3.63) is 47.0 Å². The van der Waals surface area contributed by atoms with Gasteiger partial charge in [-0.25, -0.2) is 23.5 Å². The molecule has 1 aromatic carbocycles. The number of sulfonamides is 1. The second-order valence-electron chi connectivity index (χ2n) is 4.20. The van der Waals surface area contributed by atoms with E-state index < -0.39 is 15.9 Å². The van der Waals surface area contributed by atoms with Gasteiger partial charge in [0.15, 0.2) is 0 Å². The highest BCUT2D eigenvalue weighted by atomic mass is 35.5. The minimum Gasteiger partial charge on any atom is -0.320 e. The number of nitrogens with two attached hydrogens (primary N) is 1. The fraction of sp³-hybridized carbons (Fsp3) is 0.0833. The Morgan fingerprint density at radius 3 is 2.57 bits per heavy atom. The Hall–Kier alpha value is -2.03. The number of nitrogens with one attached hydrogen (secondary N) is 1. The summed E-state index contributed by atoms with van der Waals surface area (Å²) in [5, 5.41) is 7.78. The van der Waals surface area contributed by atoms with E-state index in [-0.39, 0.29) is 15.7 Å². The Labute approximate surface area is 126 Å². The molecule has 0 aliphatic rings. The first-order valence-corrected chi connectivity index (χ1v) is 7.62. The molecule has 0 atom stereocenters. The number of primary sulfonamides is 1. The lowest BCUT2D eigenvalue weighted by Gasteiger charge is -2.09. The van der Waals surface area contributed by atoms with Gasteiger partial charge in [0, 0.05) is 5.69 Å². The molecule has 21 heavy (non-hydrogen) atoms. The number of hydrogen-bond donors (Lipinski definition) is 2. The number of carbonyl (C=O) groups excluding carboxylic acids is 1. The highest BCUT2D eigenvalue weighted by molar-refractivity contribution is 7.89. The van der Waals surface area contributed by atoms with Gasteiger partial charge < -0.3 is 5.32 Å². The van der Waals surface area contributed by atoms with E-state index in [9.17, 15) is 13.2 Å². The topological polar surface area (TPSA) is 115 Å². The molecule has 110 valence electrons. The zero-order valence-electron chi connectivity index (χ0n) is 10.9. The molecule has 0 bridgehead atoms. The largest absolute Gasteiger partial charge is 0.320 e. The number of hydrogen-bond acceptors (Lipinski definition) is 5. The molecule has 3 N–H and O–H groups in total. The van der Waals surface area contributed by atoms with E-state index in [0.29, 0.717) is 11.3 Å². The van der Waals surface area contributed by atoms with Gasteiger partial charge in [0.05, 0.1) is 17.3 Å². The number of aromatic nitrogens is 2. The standard InChI is InChI=1S/C12H11ClN4O3S/c1-7-2-3-8(21(14,19)20)4-9(7)17-12(18)10-5-16-11(13)6-15-10/h2-6H,1H3,(H,17,18)(H2,14,19,20). The van der Waals surface area contributed by atoms with E-state index in [1.807, 2.05) is 0 Å². The molecule has 1 aromatic heterocycles. The van der Waals surface area contributed by atoms with Gasteiger partial charge in [0.1, 0.15) is 10.8 Å². The number of amides is 1. The molecule has 0 saturated heterocycles. The fourth-order valence-corrected chi connectivity index (χ4v) is 2.17. The van der Waals surface area contributed by atoms with Crippen molar-refractivity contribution in [3.8, 4) is 0 Å². The van der Waals surface area contributed by atoms with Gasteiger partial charge in [0.2, 0.25) is 10.0 Å².